The molecule has 2 fully saturated rings. The second-order valence-corrected chi connectivity index (χ2v) is 4.62. The first kappa shape index (κ1) is 10.9. The first-order chi connectivity index (χ1) is 7.27. The van der Waals surface area contributed by atoms with Gasteiger partial charge >= 0.3 is 0 Å². The number of rotatable bonds is 5. The molecule has 1 unspecified atom stereocenters. The van der Waals surface area contributed by atoms with Gasteiger partial charge in [0.25, 0.3) is 0 Å². The molecule has 2 aliphatic rings. The number of nitrogens with one attached hydrogen (secondary N) is 1. The number of amidine groups is 1. The van der Waals surface area contributed by atoms with E-state index in [9.17, 15) is 0 Å². The minimum atomic E-state index is 0.303. The zero-order chi connectivity index (χ0) is 10.7. The molecule has 0 aromatic rings. The molecule has 86 valence electrons. The molecule has 1 aliphatic heterocycles. The molecule has 15 heavy (non-hydrogen) atoms. The van der Waals surface area contributed by atoms with Crippen molar-refractivity contribution < 1.29 is 4.74 Å². The lowest BCUT2D eigenvalue weighted by Crippen LogP contribution is -2.43. The van der Waals surface area contributed by atoms with Gasteiger partial charge in [-0.15, -0.1) is 0 Å². The van der Waals surface area contributed by atoms with E-state index in [1.807, 2.05) is 0 Å². The van der Waals surface area contributed by atoms with Crippen molar-refractivity contribution in [2.45, 2.75) is 44.2 Å². The van der Waals surface area contributed by atoms with Crippen LogP contribution in [0.25, 0.3) is 0 Å². The quantitative estimate of drug-likeness (QED) is 0.526. The maximum atomic E-state index is 7.28. The van der Waals surface area contributed by atoms with Crippen molar-refractivity contribution in [2.24, 2.45) is 5.73 Å². The number of ether oxygens (including phenoxy) is 1. The molecule has 1 heterocycles. The summed E-state index contributed by atoms with van der Waals surface area (Å²) in [4.78, 5) is 2.51. The van der Waals surface area contributed by atoms with Crippen LogP contribution in [0.15, 0.2) is 0 Å². The Hall–Kier alpha value is -0.610. The molecule has 1 atom stereocenters. The fraction of sp³-hybridized carbons (Fsp3) is 0.909. The maximum absolute atomic E-state index is 7.28. The fourth-order valence-corrected chi connectivity index (χ4v) is 2.30. The molecule has 3 N–H and O–H groups in total. The minimum absolute atomic E-state index is 0.303. The van der Waals surface area contributed by atoms with Gasteiger partial charge < -0.3 is 10.5 Å². The Kier molecular flexibility index (Phi) is 3.59. The third-order valence-corrected chi connectivity index (χ3v) is 3.26. The summed E-state index contributed by atoms with van der Waals surface area (Å²) in [7, 11) is 0. The van der Waals surface area contributed by atoms with Crippen molar-refractivity contribution in [1.29, 1.82) is 5.41 Å². The zero-order valence-corrected chi connectivity index (χ0v) is 9.24. The van der Waals surface area contributed by atoms with Gasteiger partial charge in [-0.2, -0.15) is 0 Å². The van der Waals surface area contributed by atoms with Crippen LogP contribution >= 0.6 is 0 Å². The molecule has 0 spiro atoms. The molecule has 0 aromatic heterocycles. The van der Waals surface area contributed by atoms with E-state index in [0.717, 1.165) is 25.8 Å². The van der Waals surface area contributed by atoms with E-state index in [1.54, 1.807) is 0 Å². The molecule has 1 saturated carbocycles. The van der Waals surface area contributed by atoms with Crippen LogP contribution < -0.4 is 5.73 Å². The molecular weight excluding hydrogens is 190 g/mol. The molecule has 4 nitrogen and oxygen atoms in total. The van der Waals surface area contributed by atoms with Crippen LogP contribution in [0.4, 0.5) is 0 Å². The summed E-state index contributed by atoms with van der Waals surface area (Å²) in [6.45, 7) is 2.73. The van der Waals surface area contributed by atoms with Gasteiger partial charge in [0.15, 0.2) is 0 Å². The van der Waals surface area contributed by atoms with Crippen molar-refractivity contribution in [2.75, 3.05) is 19.8 Å². The average Bonchev–Trinajstić information content (AvgIpc) is 3.03. The van der Waals surface area contributed by atoms with Gasteiger partial charge in [0.1, 0.15) is 0 Å². The van der Waals surface area contributed by atoms with Gasteiger partial charge in [0, 0.05) is 31.7 Å². The smallest absolute Gasteiger partial charge is 0.0918 e. The summed E-state index contributed by atoms with van der Waals surface area (Å²) in [6.07, 6.45) is 5.75. The van der Waals surface area contributed by atoms with Gasteiger partial charge in [-0.3, -0.25) is 10.3 Å². The highest BCUT2D eigenvalue weighted by Gasteiger charge is 2.34. The lowest BCUT2D eigenvalue weighted by atomic mass is 10.1. The van der Waals surface area contributed by atoms with Crippen LogP contribution in [0.1, 0.15) is 32.1 Å². The summed E-state index contributed by atoms with van der Waals surface area (Å²) in [5.41, 5.74) is 5.42. The maximum Gasteiger partial charge on any atom is 0.0918 e. The summed E-state index contributed by atoms with van der Waals surface area (Å²) in [6, 6.07) is 1.32. The predicted molar refractivity (Wildman–Crippen MR) is 60.1 cm³/mol. The van der Waals surface area contributed by atoms with Gasteiger partial charge in [-0.25, -0.2) is 0 Å². The van der Waals surface area contributed by atoms with E-state index in [1.165, 1.54) is 25.7 Å². The highest BCUT2D eigenvalue weighted by atomic mass is 16.5. The van der Waals surface area contributed by atoms with E-state index in [-0.39, 0.29) is 0 Å². The number of hydrogen-bond acceptors (Lipinski definition) is 3. The second-order valence-electron chi connectivity index (χ2n) is 4.62. The van der Waals surface area contributed by atoms with Crippen molar-refractivity contribution >= 4 is 5.84 Å². The Morgan fingerprint density at radius 3 is 2.67 bits per heavy atom. The third kappa shape index (κ3) is 3.18. The van der Waals surface area contributed by atoms with E-state index in [0.29, 0.717) is 18.3 Å². The van der Waals surface area contributed by atoms with Gasteiger partial charge in [0.2, 0.25) is 0 Å². The summed E-state index contributed by atoms with van der Waals surface area (Å²) in [5.74, 6) is 0.303. The average molecular weight is 211 g/mol. The fourth-order valence-electron chi connectivity index (χ4n) is 2.30. The number of nitrogens with zero attached hydrogens (tertiary/aromatic N) is 1. The van der Waals surface area contributed by atoms with Crippen LogP contribution in [-0.2, 0) is 4.74 Å². The minimum Gasteiger partial charge on any atom is -0.388 e. The summed E-state index contributed by atoms with van der Waals surface area (Å²) < 4.78 is 5.52. The second kappa shape index (κ2) is 4.94. The summed E-state index contributed by atoms with van der Waals surface area (Å²) >= 11 is 0. The van der Waals surface area contributed by atoms with Crippen molar-refractivity contribution in [3.8, 4) is 0 Å². The van der Waals surface area contributed by atoms with Gasteiger partial charge in [-0.1, -0.05) is 0 Å². The Labute approximate surface area is 91.3 Å². The van der Waals surface area contributed by atoms with Crippen LogP contribution in [0.3, 0.4) is 0 Å². The van der Waals surface area contributed by atoms with Crippen LogP contribution in [0.2, 0.25) is 0 Å². The first-order valence-corrected chi connectivity index (χ1v) is 5.94. The van der Waals surface area contributed by atoms with Crippen molar-refractivity contribution in [3.63, 3.8) is 0 Å². The van der Waals surface area contributed by atoms with E-state index in [4.69, 9.17) is 15.9 Å². The van der Waals surface area contributed by atoms with Crippen molar-refractivity contribution in [3.05, 3.63) is 0 Å². The molecular formula is C11H21N3O. The number of nitrogens with two attached hydrogens (primary N) is 1. The Bertz CT molecular complexity index is 222. The SMILES string of the molecule is N=C(N)CCN(C1CC1)C1CCCOC1. The van der Waals surface area contributed by atoms with Gasteiger partial charge in [-0.05, 0) is 25.7 Å². The van der Waals surface area contributed by atoms with Crippen LogP contribution in [0.5, 0.6) is 0 Å². The third-order valence-electron chi connectivity index (χ3n) is 3.26. The molecule has 1 aliphatic carbocycles. The molecule has 0 bridgehead atoms. The highest BCUT2D eigenvalue weighted by molar-refractivity contribution is 5.76. The lowest BCUT2D eigenvalue weighted by Gasteiger charge is -2.34. The molecule has 4 heteroatoms. The highest BCUT2D eigenvalue weighted by Crippen LogP contribution is 2.30. The predicted octanol–water partition coefficient (Wildman–Crippen LogP) is 0.956. The van der Waals surface area contributed by atoms with E-state index in [2.05, 4.69) is 4.90 Å². The molecule has 0 aromatic carbocycles. The topological polar surface area (TPSA) is 62.3 Å². The zero-order valence-electron chi connectivity index (χ0n) is 9.24. The Morgan fingerprint density at radius 1 is 1.33 bits per heavy atom. The molecule has 1 saturated heterocycles. The standard InChI is InChI=1S/C11H21N3O/c12-11(13)5-6-14(9-3-4-9)10-2-1-7-15-8-10/h9-10H,1-8H2,(H3,12,13). The van der Waals surface area contributed by atoms with Crippen LogP contribution in [0, 0.1) is 5.41 Å². The molecule has 0 amide bonds. The van der Waals surface area contributed by atoms with Crippen LogP contribution in [-0.4, -0.2) is 42.6 Å². The van der Waals surface area contributed by atoms with E-state index >= 15 is 0 Å². The molecule has 0 radical (unpaired) electrons. The monoisotopic (exact) mass is 211 g/mol. The Balaban J connectivity index is 1.83. The first-order valence-electron chi connectivity index (χ1n) is 5.94. The number of hydrogen-bond donors (Lipinski definition) is 2. The summed E-state index contributed by atoms with van der Waals surface area (Å²) in [5, 5.41) is 7.28. The Morgan fingerprint density at radius 2 is 2.13 bits per heavy atom. The van der Waals surface area contributed by atoms with E-state index < -0.39 is 0 Å². The van der Waals surface area contributed by atoms with Gasteiger partial charge in [0.05, 0.1) is 12.4 Å². The normalized spacial score (nSPS) is 26.9. The largest absolute Gasteiger partial charge is 0.388 e. The molecule has 2 rings (SSSR count). The van der Waals surface area contributed by atoms with Crippen molar-refractivity contribution in [1.82, 2.24) is 4.90 Å². The lowest BCUT2D eigenvalue weighted by molar-refractivity contribution is 0.0154.